The third-order valence-electron chi connectivity index (χ3n) is 2.16. The standard InChI is InChI=1S/C14H14O4/c1-17-13(15)9-7-11-3-5-12(6-4-11)8-10-14(16)18-2/h3-10H,1-2H3/b9-7+,10-8?. The van der Waals surface area contributed by atoms with Crippen LogP contribution in [-0.4, -0.2) is 26.2 Å². The molecule has 0 aliphatic rings. The predicted molar refractivity (Wildman–Crippen MR) is 68.5 cm³/mol. The van der Waals surface area contributed by atoms with E-state index in [1.807, 2.05) is 24.3 Å². The van der Waals surface area contributed by atoms with Crippen LogP contribution in [0.2, 0.25) is 0 Å². The Hall–Kier alpha value is -2.36. The van der Waals surface area contributed by atoms with Crippen molar-refractivity contribution >= 4 is 24.1 Å². The van der Waals surface area contributed by atoms with Crippen LogP contribution in [0.1, 0.15) is 11.1 Å². The minimum Gasteiger partial charge on any atom is -0.466 e. The van der Waals surface area contributed by atoms with Gasteiger partial charge in [0.05, 0.1) is 14.2 Å². The molecule has 4 nitrogen and oxygen atoms in total. The van der Waals surface area contributed by atoms with Crippen molar-refractivity contribution in [3.63, 3.8) is 0 Å². The van der Waals surface area contributed by atoms with Crippen LogP contribution >= 0.6 is 0 Å². The minimum absolute atomic E-state index is 0.398. The molecule has 0 N–H and O–H groups in total. The Labute approximate surface area is 106 Å². The molecule has 0 aliphatic heterocycles. The summed E-state index contributed by atoms with van der Waals surface area (Å²) in [5.74, 6) is -0.797. The van der Waals surface area contributed by atoms with Gasteiger partial charge in [0.2, 0.25) is 0 Å². The maximum Gasteiger partial charge on any atom is 0.330 e. The van der Waals surface area contributed by atoms with Gasteiger partial charge in [0.15, 0.2) is 0 Å². The molecule has 0 atom stereocenters. The first-order chi connectivity index (χ1) is 8.65. The van der Waals surface area contributed by atoms with Crippen molar-refractivity contribution < 1.29 is 19.1 Å². The van der Waals surface area contributed by atoms with Crippen LogP contribution < -0.4 is 0 Å². The summed E-state index contributed by atoms with van der Waals surface area (Å²) in [5.41, 5.74) is 1.74. The van der Waals surface area contributed by atoms with Gasteiger partial charge in [-0.05, 0) is 23.3 Å². The van der Waals surface area contributed by atoms with Crippen molar-refractivity contribution in [3.8, 4) is 0 Å². The lowest BCUT2D eigenvalue weighted by atomic mass is 10.1. The van der Waals surface area contributed by atoms with Crippen molar-refractivity contribution in [1.82, 2.24) is 0 Å². The van der Waals surface area contributed by atoms with E-state index in [2.05, 4.69) is 9.47 Å². The van der Waals surface area contributed by atoms with Crippen LogP contribution in [0.4, 0.5) is 0 Å². The Bertz CT molecular complexity index is 424. The molecular formula is C14H14O4. The average molecular weight is 246 g/mol. The summed E-state index contributed by atoms with van der Waals surface area (Å²) in [6.45, 7) is 0. The van der Waals surface area contributed by atoms with Crippen LogP contribution in [0, 0.1) is 0 Å². The maximum atomic E-state index is 10.9. The summed E-state index contributed by atoms with van der Waals surface area (Å²) >= 11 is 0. The van der Waals surface area contributed by atoms with Gasteiger partial charge in [-0.1, -0.05) is 24.3 Å². The number of hydrogen-bond donors (Lipinski definition) is 0. The maximum absolute atomic E-state index is 10.9. The molecule has 0 saturated carbocycles. The highest BCUT2D eigenvalue weighted by atomic mass is 16.5. The number of esters is 2. The van der Waals surface area contributed by atoms with Gasteiger partial charge in [-0.3, -0.25) is 0 Å². The minimum atomic E-state index is -0.398. The number of benzene rings is 1. The molecule has 1 aromatic rings. The molecular weight excluding hydrogens is 232 g/mol. The summed E-state index contributed by atoms with van der Waals surface area (Å²) in [5, 5.41) is 0. The highest BCUT2D eigenvalue weighted by Crippen LogP contribution is 2.08. The lowest BCUT2D eigenvalue weighted by Gasteiger charge is -1.96. The fourth-order valence-electron chi connectivity index (χ4n) is 1.18. The summed E-state index contributed by atoms with van der Waals surface area (Å²) < 4.78 is 8.97. The molecule has 0 aliphatic carbocycles. The van der Waals surface area contributed by atoms with E-state index in [1.54, 1.807) is 12.2 Å². The molecule has 18 heavy (non-hydrogen) atoms. The largest absolute Gasteiger partial charge is 0.466 e. The van der Waals surface area contributed by atoms with Crippen molar-refractivity contribution in [2.24, 2.45) is 0 Å². The van der Waals surface area contributed by atoms with Crippen LogP contribution in [-0.2, 0) is 19.1 Å². The molecule has 0 radical (unpaired) electrons. The molecule has 1 aromatic carbocycles. The molecule has 1 rings (SSSR count). The monoisotopic (exact) mass is 246 g/mol. The molecule has 0 saturated heterocycles. The molecule has 0 spiro atoms. The van der Waals surface area contributed by atoms with E-state index in [9.17, 15) is 9.59 Å². The fraction of sp³-hybridized carbons (Fsp3) is 0.143. The molecule has 94 valence electrons. The molecule has 0 bridgehead atoms. The summed E-state index contributed by atoms with van der Waals surface area (Å²) in [4.78, 5) is 21.8. The lowest BCUT2D eigenvalue weighted by molar-refractivity contribution is -0.135. The second-order valence-corrected chi connectivity index (χ2v) is 3.38. The number of hydrogen-bond acceptors (Lipinski definition) is 4. The van der Waals surface area contributed by atoms with Crippen LogP contribution in [0.15, 0.2) is 36.4 Å². The SMILES string of the molecule is COC(=O)C=Cc1ccc(/C=C/C(=O)OC)cc1. The Kier molecular flexibility index (Phi) is 5.38. The van der Waals surface area contributed by atoms with Gasteiger partial charge in [-0.25, -0.2) is 9.59 Å². The number of ether oxygens (including phenoxy) is 2. The predicted octanol–water partition coefficient (Wildman–Crippen LogP) is 2.06. The first-order valence-corrected chi connectivity index (χ1v) is 5.28. The Morgan fingerprint density at radius 2 is 1.17 bits per heavy atom. The molecule has 0 unspecified atom stereocenters. The molecule has 4 heteroatoms. The summed E-state index contributed by atoms with van der Waals surface area (Å²) in [6, 6.07) is 7.32. The second-order valence-electron chi connectivity index (χ2n) is 3.38. The van der Waals surface area contributed by atoms with E-state index in [1.165, 1.54) is 26.4 Å². The van der Waals surface area contributed by atoms with Gasteiger partial charge in [0, 0.05) is 12.2 Å². The van der Waals surface area contributed by atoms with Gasteiger partial charge in [0.25, 0.3) is 0 Å². The second kappa shape index (κ2) is 7.06. The number of rotatable bonds is 4. The summed E-state index contributed by atoms with van der Waals surface area (Å²) in [7, 11) is 2.65. The van der Waals surface area contributed by atoms with Crippen LogP contribution in [0.25, 0.3) is 12.2 Å². The summed E-state index contributed by atoms with van der Waals surface area (Å²) in [6.07, 6.45) is 6.00. The quantitative estimate of drug-likeness (QED) is 0.602. The Morgan fingerprint density at radius 1 is 0.833 bits per heavy atom. The zero-order chi connectivity index (χ0) is 13.4. The highest BCUT2D eigenvalue weighted by molar-refractivity contribution is 5.88. The van der Waals surface area contributed by atoms with Crippen LogP contribution in [0.3, 0.4) is 0 Å². The van der Waals surface area contributed by atoms with E-state index >= 15 is 0 Å². The van der Waals surface area contributed by atoms with Crippen molar-refractivity contribution in [2.75, 3.05) is 14.2 Å². The highest BCUT2D eigenvalue weighted by Gasteiger charge is 1.94. The number of methoxy groups -OCH3 is 2. The van der Waals surface area contributed by atoms with Gasteiger partial charge in [0.1, 0.15) is 0 Å². The third-order valence-corrected chi connectivity index (χ3v) is 2.16. The lowest BCUT2D eigenvalue weighted by Crippen LogP contribution is -1.93. The molecule has 0 fully saturated rings. The zero-order valence-corrected chi connectivity index (χ0v) is 10.3. The normalized spacial score (nSPS) is 10.8. The molecule has 0 amide bonds. The third kappa shape index (κ3) is 4.65. The van der Waals surface area contributed by atoms with Crippen molar-refractivity contribution in [1.29, 1.82) is 0 Å². The van der Waals surface area contributed by atoms with E-state index in [4.69, 9.17) is 0 Å². The number of carbonyl (C=O) groups is 2. The van der Waals surface area contributed by atoms with Crippen LogP contribution in [0.5, 0.6) is 0 Å². The van der Waals surface area contributed by atoms with Crippen molar-refractivity contribution in [3.05, 3.63) is 47.5 Å². The van der Waals surface area contributed by atoms with E-state index in [0.29, 0.717) is 0 Å². The number of carbonyl (C=O) groups excluding carboxylic acids is 2. The fourth-order valence-corrected chi connectivity index (χ4v) is 1.18. The van der Waals surface area contributed by atoms with Gasteiger partial charge in [-0.2, -0.15) is 0 Å². The Morgan fingerprint density at radius 3 is 1.44 bits per heavy atom. The zero-order valence-electron chi connectivity index (χ0n) is 10.3. The Balaban J connectivity index is 2.68. The first-order valence-electron chi connectivity index (χ1n) is 5.28. The van der Waals surface area contributed by atoms with Gasteiger partial charge >= 0.3 is 11.9 Å². The van der Waals surface area contributed by atoms with E-state index < -0.39 is 11.9 Å². The van der Waals surface area contributed by atoms with Gasteiger partial charge in [-0.15, -0.1) is 0 Å². The van der Waals surface area contributed by atoms with E-state index in [0.717, 1.165) is 11.1 Å². The van der Waals surface area contributed by atoms with Crippen molar-refractivity contribution in [2.45, 2.75) is 0 Å². The first kappa shape index (κ1) is 13.7. The van der Waals surface area contributed by atoms with Gasteiger partial charge < -0.3 is 9.47 Å². The van der Waals surface area contributed by atoms with E-state index in [-0.39, 0.29) is 0 Å². The average Bonchev–Trinajstić information content (AvgIpc) is 2.43. The topological polar surface area (TPSA) is 52.6 Å². The smallest absolute Gasteiger partial charge is 0.330 e. The molecule has 0 aromatic heterocycles. The molecule has 0 heterocycles.